The Bertz CT molecular complexity index is 1230. The number of anilines is 4. The van der Waals surface area contributed by atoms with Gasteiger partial charge in [0.2, 0.25) is 0 Å². The topological polar surface area (TPSA) is 98.8 Å². The summed E-state index contributed by atoms with van der Waals surface area (Å²) in [5.41, 5.74) is 4.59. The van der Waals surface area contributed by atoms with E-state index < -0.39 is 0 Å². The number of nitrogens with zero attached hydrogens (tertiary/aromatic N) is 2. The number of fused-ring (bicyclic) bond motifs is 2. The molecule has 2 N–H and O–H groups in total. The van der Waals surface area contributed by atoms with Gasteiger partial charge in [-0.1, -0.05) is 0 Å². The zero-order valence-corrected chi connectivity index (χ0v) is 17.3. The molecule has 0 aliphatic carbocycles. The molecular formula is C24H18N4O4. The fourth-order valence-electron chi connectivity index (χ4n) is 3.85. The van der Waals surface area contributed by atoms with E-state index in [-0.39, 0.29) is 23.6 Å². The van der Waals surface area contributed by atoms with Gasteiger partial charge in [-0.25, -0.2) is 0 Å². The SMILES string of the molecule is CN1C(=O)c2ccc(Nc3ccc(Nc4ccc5c(c4)C(=O)N(C)C5=O)cc3)cc2C1=O. The molecule has 8 nitrogen and oxygen atoms in total. The molecule has 3 aromatic carbocycles. The maximum Gasteiger partial charge on any atom is 0.261 e. The number of benzene rings is 3. The van der Waals surface area contributed by atoms with Crippen LogP contribution in [0.3, 0.4) is 0 Å². The van der Waals surface area contributed by atoms with Crippen molar-refractivity contribution in [3.05, 3.63) is 82.9 Å². The molecule has 0 saturated carbocycles. The maximum absolute atomic E-state index is 12.2. The van der Waals surface area contributed by atoms with Crippen molar-refractivity contribution in [3.8, 4) is 0 Å². The quantitative estimate of drug-likeness (QED) is 0.619. The molecule has 3 aromatic rings. The van der Waals surface area contributed by atoms with Crippen molar-refractivity contribution in [1.29, 1.82) is 0 Å². The normalized spacial score (nSPS) is 14.7. The molecular weight excluding hydrogens is 408 g/mol. The molecule has 4 amide bonds. The molecule has 0 fully saturated rings. The van der Waals surface area contributed by atoms with E-state index in [1.54, 1.807) is 36.4 Å². The van der Waals surface area contributed by atoms with Crippen LogP contribution in [0.2, 0.25) is 0 Å². The van der Waals surface area contributed by atoms with Crippen LogP contribution in [0.1, 0.15) is 41.4 Å². The van der Waals surface area contributed by atoms with Crippen LogP contribution in [0.25, 0.3) is 0 Å². The Labute approximate surface area is 183 Å². The highest BCUT2D eigenvalue weighted by molar-refractivity contribution is 6.22. The molecule has 0 aromatic heterocycles. The van der Waals surface area contributed by atoms with E-state index in [1.807, 2.05) is 24.3 Å². The molecule has 32 heavy (non-hydrogen) atoms. The maximum atomic E-state index is 12.2. The lowest BCUT2D eigenvalue weighted by atomic mass is 10.1. The summed E-state index contributed by atoms with van der Waals surface area (Å²) in [7, 11) is 2.94. The third-order valence-electron chi connectivity index (χ3n) is 5.64. The Kier molecular flexibility index (Phi) is 4.30. The van der Waals surface area contributed by atoms with Crippen molar-refractivity contribution in [2.75, 3.05) is 24.7 Å². The molecule has 5 rings (SSSR count). The van der Waals surface area contributed by atoms with Crippen molar-refractivity contribution >= 4 is 46.4 Å². The van der Waals surface area contributed by atoms with E-state index in [2.05, 4.69) is 10.6 Å². The largest absolute Gasteiger partial charge is 0.356 e. The third kappa shape index (κ3) is 3.01. The van der Waals surface area contributed by atoms with Crippen molar-refractivity contribution < 1.29 is 19.2 Å². The van der Waals surface area contributed by atoms with E-state index in [0.29, 0.717) is 33.6 Å². The van der Waals surface area contributed by atoms with Gasteiger partial charge >= 0.3 is 0 Å². The molecule has 0 atom stereocenters. The summed E-state index contributed by atoms with van der Waals surface area (Å²) >= 11 is 0. The van der Waals surface area contributed by atoms with Gasteiger partial charge in [0.25, 0.3) is 23.6 Å². The minimum Gasteiger partial charge on any atom is -0.356 e. The highest BCUT2D eigenvalue weighted by Gasteiger charge is 2.33. The number of carbonyl (C=O) groups excluding carboxylic acids is 4. The van der Waals surface area contributed by atoms with Crippen molar-refractivity contribution in [2.24, 2.45) is 0 Å². The van der Waals surface area contributed by atoms with E-state index in [4.69, 9.17) is 0 Å². The molecule has 2 aliphatic heterocycles. The van der Waals surface area contributed by atoms with E-state index in [0.717, 1.165) is 21.2 Å². The summed E-state index contributed by atoms with van der Waals surface area (Å²) in [5, 5.41) is 6.45. The number of carbonyl (C=O) groups is 4. The van der Waals surface area contributed by atoms with Gasteiger partial charge in [-0.3, -0.25) is 29.0 Å². The molecule has 2 heterocycles. The molecule has 0 saturated heterocycles. The summed E-state index contributed by atoms with van der Waals surface area (Å²) in [6.07, 6.45) is 0. The summed E-state index contributed by atoms with van der Waals surface area (Å²) in [5.74, 6) is -1.21. The molecule has 0 radical (unpaired) electrons. The van der Waals surface area contributed by atoms with Gasteiger partial charge < -0.3 is 10.6 Å². The number of hydrogen-bond acceptors (Lipinski definition) is 6. The Hall–Kier alpha value is -4.46. The van der Waals surface area contributed by atoms with Crippen LogP contribution >= 0.6 is 0 Å². The first kappa shape index (κ1) is 19.5. The Morgan fingerprint density at radius 3 is 1.16 bits per heavy atom. The number of rotatable bonds is 4. The number of imide groups is 2. The van der Waals surface area contributed by atoms with Gasteiger partial charge in [0, 0.05) is 36.8 Å². The third-order valence-corrected chi connectivity index (χ3v) is 5.64. The van der Waals surface area contributed by atoms with Gasteiger partial charge in [0.1, 0.15) is 0 Å². The lowest BCUT2D eigenvalue weighted by Crippen LogP contribution is -2.24. The lowest BCUT2D eigenvalue weighted by Gasteiger charge is -2.10. The second-order valence-corrected chi connectivity index (χ2v) is 7.69. The second kappa shape index (κ2) is 7.05. The van der Waals surface area contributed by atoms with E-state index in [9.17, 15) is 19.2 Å². The summed E-state index contributed by atoms with van der Waals surface area (Å²) in [6.45, 7) is 0. The highest BCUT2D eigenvalue weighted by atomic mass is 16.2. The van der Waals surface area contributed by atoms with E-state index >= 15 is 0 Å². The predicted octanol–water partition coefficient (Wildman–Crippen LogP) is 3.63. The Balaban J connectivity index is 1.31. The molecule has 158 valence electrons. The molecule has 2 aliphatic rings. The zero-order valence-electron chi connectivity index (χ0n) is 17.3. The molecule has 0 spiro atoms. The molecule has 0 unspecified atom stereocenters. The minimum atomic E-state index is -0.311. The smallest absolute Gasteiger partial charge is 0.261 e. The van der Waals surface area contributed by atoms with Gasteiger partial charge in [-0.15, -0.1) is 0 Å². The first-order valence-electron chi connectivity index (χ1n) is 9.90. The van der Waals surface area contributed by atoms with Crippen LogP contribution in [-0.2, 0) is 0 Å². The van der Waals surface area contributed by atoms with Crippen molar-refractivity contribution in [1.82, 2.24) is 9.80 Å². The zero-order chi connectivity index (χ0) is 22.6. The first-order chi connectivity index (χ1) is 15.3. The molecule has 0 bridgehead atoms. The average molecular weight is 426 g/mol. The van der Waals surface area contributed by atoms with Gasteiger partial charge in [-0.05, 0) is 60.7 Å². The molecule has 8 heteroatoms. The van der Waals surface area contributed by atoms with Gasteiger partial charge in [0.15, 0.2) is 0 Å². The standard InChI is InChI=1S/C24H18N4O4/c1-27-21(29)17-9-7-15(11-19(17)23(27)31)25-13-3-5-14(6-4-13)26-16-8-10-18-20(12-16)24(32)28(2)22(18)30/h3-12,25-26H,1-2H3. The Morgan fingerprint density at radius 1 is 0.469 bits per heavy atom. The predicted molar refractivity (Wildman–Crippen MR) is 119 cm³/mol. The number of hydrogen-bond donors (Lipinski definition) is 2. The lowest BCUT2D eigenvalue weighted by molar-refractivity contribution is 0.0678. The fraction of sp³-hybridized carbons (Fsp3) is 0.0833. The summed E-state index contributed by atoms with van der Waals surface area (Å²) in [6, 6.07) is 17.6. The fourth-order valence-corrected chi connectivity index (χ4v) is 3.85. The highest BCUT2D eigenvalue weighted by Crippen LogP contribution is 2.29. The van der Waals surface area contributed by atoms with Crippen LogP contribution in [0.5, 0.6) is 0 Å². The van der Waals surface area contributed by atoms with Gasteiger partial charge in [0.05, 0.1) is 22.3 Å². The van der Waals surface area contributed by atoms with Gasteiger partial charge in [-0.2, -0.15) is 0 Å². The number of amides is 4. The minimum absolute atomic E-state index is 0.295. The van der Waals surface area contributed by atoms with Crippen molar-refractivity contribution in [3.63, 3.8) is 0 Å². The second-order valence-electron chi connectivity index (χ2n) is 7.69. The van der Waals surface area contributed by atoms with Crippen LogP contribution in [0, 0.1) is 0 Å². The van der Waals surface area contributed by atoms with Crippen LogP contribution in [0.15, 0.2) is 60.7 Å². The van der Waals surface area contributed by atoms with Crippen LogP contribution in [-0.4, -0.2) is 47.5 Å². The average Bonchev–Trinajstić information content (AvgIpc) is 3.15. The van der Waals surface area contributed by atoms with E-state index in [1.165, 1.54) is 14.1 Å². The summed E-state index contributed by atoms with van der Waals surface area (Å²) in [4.78, 5) is 50.6. The Morgan fingerprint density at radius 2 is 0.781 bits per heavy atom. The van der Waals surface area contributed by atoms with Crippen LogP contribution < -0.4 is 10.6 Å². The number of nitrogens with one attached hydrogen (secondary N) is 2. The van der Waals surface area contributed by atoms with Crippen LogP contribution in [0.4, 0.5) is 22.7 Å². The van der Waals surface area contributed by atoms with Crippen molar-refractivity contribution in [2.45, 2.75) is 0 Å². The first-order valence-corrected chi connectivity index (χ1v) is 9.90. The summed E-state index contributed by atoms with van der Waals surface area (Å²) < 4.78 is 0. The monoisotopic (exact) mass is 426 g/mol.